The van der Waals surface area contributed by atoms with Gasteiger partial charge in [0, 0.05) is 37.1 Å². The number of pyridine rings is 1. The second-order valence-electron chi connectivity index (χ2n) is 3.80. The fourth-order valence-electron chi connectivity index (χ4n) is 1.77. The third-order valence-electron chi connectivity index (χ3n) is 2.78. The van der Waals surface area contributed by atoms with E-state index in [0.29, 0.717) is 6.54 Å². The molecule has 0 amide bonds. The van der Waals surface area contributed by atoms with Crippen molar-refractivity contribution >= 4 is 0 Å². The number of hydrogen-bond acceptors (Lipinski definition) is 3. The summed E-state index contributed by atoms with van der Waals surface area (Å²) in [6.45, 7) is 2.69. The third-order valence-corrected chi connectivity index (χ3v) is 2.78. The highest BCUT2D eigenvalue weighted by molar-refractivity contribution is 5.60. The highest BCUT2D eigenvalue weighted by Crippen LogP contribution is 2.21. The van der Waals surface area contributed by atoms with Gasteiger partial charge in [0.15, 0.2) is 0 Å². The van der Waals surface area contributed by atoms with Gasteiger partial charge in [-0.1, -0.05) is 0 Å². The van der Waals surface area contributed by atoms with Crippen LogP contribution >= 0.6 is 0 Å². The molecule has 4 nitrogen and oxygen atoms in total. The summed E-state index contributed by atoms with van der Waals surface area (Å²) in [5.41, 5.74) is 8.76. The summed E-state index contributed by atoms with van der Waals surface area (Å²) in [6.07, 6.45) is 4.40. The predicted octanol–water partition coefficient (Wildman–Crippen LogP) is 1.29. The fraction of sp³-hybridized carbons (Fsp3) is 0.333. The molecule has 0 radical (unpaired) electrons. The number of imidazole rings is 1. The zero-order valence-electron chi connectivity index (χ0n) is 9.64. The summed E-state index contributed by atoms with van der Waals surface area (Å²) in [5, 5.41) is 0. The number of hydrogen-bond donors (Lipinski definition) is 1. The van der Waals surface area contributed by atoms with Crippen LogP contribution in [0.25, 0.3) is 11.3 Å². The largest absolute Gasteiger partial charge is 0.335 e. The van der Waals surface area contributed by atoms with Crippen LogP contribution < -0.4 is 5.73 Å². The number of rotatable bonds is 3. The van der Waals surface area contributed by atoms with E-state index in [-0.39, 0.29) is 0 Å². The molecule has 0 saturated carbocycles. The van der Waals surface area contributed by atoms with E-state index in [9.17, 15) is 0 Å². The van der Waals surface area contributed by atoms with E-state index in [4.69, 9.17) is 5.73 Å². The Morgan fingerprint density at radius 1 is 1.44 bits per heavy atom. The zero-order valence-corrected chi connectivity index (χ0v) is 9.64. The number of nitrogens with zero attached hydrogens (tertiary/aromatic N) is 3. The van der Waals surface area contributed by atoms with Crippen molar-refractivity contribution in [3.05, 3.63) is 36.0 Å². The van der Waals surface area contributed by atoms with Crippen molar-refractivity contribution < 1.29 is 0 Å². The van der Waals surface area contributed by atoms with E-state index in [2.05, 4.69) is 21.5 Å². The van der Waals surface area contributed by atoms with Gasteiger partial charge in [0.1, 0.15) is 5.82 Å². The van der Waals surface area contributed by atoms with Gasteiger partial charge in [-0.05, 0) is 25.6 Å². The van der Waals surface area contributed by atoms with Gasteiger partial charge in [-0.25, -0.2) is 4.98 Å². The first-order valence-corrected chi connectivity index (χ1v) is 5.36. The molecule has 2 heterocycles. The molecule has 16 heavy (non-hydrogen) atoms. The standard InChI is InChI=1S/C12H16N4/c1-9-12(10-4-3-7-14-8-10)15-11(5-6-13)16(9)2/h3-4,7-8H,5-6,13H2,1-2H3. The van der Waals surface area contributed by atoms with Crippen LogP contribution in [0.4, 0.5) is 0 Å². The molecule has 2 aromatic heterocycles. The normalized spacial score (nSPS) is 10.7. The van der Waals surface area contributed by atoms with Gasteiger partial charge in [0.05, 0.1) is 5.69 Å². The van der Waals surface area contributed by atoms with E-state index in [1.165, 1.54) is 0 Å². The molecule has 0 atom stereocenters. The average Bonchev–Trinajstić information content (AvgIpc) is 2.59. The summed E-state index contributed by atoms with van der Waals surface area (Å²) >= 11 is 0. The molecule has 84 valence electrons. The Kier molecular flexibility index (Phi) is 3.01. The van der Waals surface area contributed by atoms with Gasteiger partial charge in [-0.15, -0.1) is 0 Å². The number of aromatic nitrogens is 3. The lowest BCUT2D eigenvalue weighted by atomic mass is 10.2. The van der Waals surface area contributed by atoms with Crippen molar-refractivity contribution in [1.82, 2.24) is 14.5 Å². The Balaban J connectivity index is 2.46. The van der Waals surface area contributed by atoms with Crippen LogP contribution in [0, 0.1) is 6.92 Å². The van der Waals surface area contributed by atoms with Crippen molar-refractivity contribution in [3.63, 3.8) is 0 Å². The Hall–Kier alpha value is -1.68. The summed E-state index contributed by atoms with van der Waals surface area (Å²) in [6, 6.07) is 3.95. The topological polar surface area (TPSA) is 56.7 Å². The van der Waals surface area contributed by atoms with Crippen molar-refractivity contribution in [2.45, 2.75) is 13.3 Å². The average molecular weight is 216 g/mol. The molecule has 0 saturated heterocycles. The smallest absolute Gasteiger partial charge is 0.110 e. The van der Waals surface area contributed by atoms with Crippen molar-refractivity contribution in [2.24, 2.45) is 12.8 Å². The van der Waals surface area contributed by atoms with Crippen molar-refractivity contribution in [3.8, 4) is 11.3 Å². The molecule has 0 unspecified atom stereocenters. The number of nitrogens with two attached hydrogens (primary N) is 1. The maximum Gasteiger partial charge on any atom is 0.110 e. The van der Waals surface area contributed by atoms with Gasteiger partial charge < -0.3 is 10.3 Å². The molecule has 4 heteroatoms. The van der Waals surface area contributed by atoms with E-state index < -0.39 is 0 Å². The summed E-state index contributed by atoms with van der Waals surface area (Å²) in [7, 11) is 2.02. The van der Waals surface area contributed by atoms with Gasteiger partial charge in [0.25, 0.3) is 0 Å². The summed E-state index contributed by atoms with van der Waals surface area (Å²) in [5.74, 6) is 1.03. The molecular formula is C12H16N4. The van der Waals surface area contributed by atoms with Crippen LogP contribution in [-0.2, 0) is 13.5 Å². The Labute approximate surface area is 95.1 Å². The molecule has 0 aliphatic carbocycles. The molecule has 0 aliphatic rings. The van der Waals surface area contributed by atoms with Crippen LogP contribution in [0.3, 0.4) is 0 Å². The summed E-state index contributed by atoms with van der Waals surface area (Å²) < 4.78 is 2.09. The minimum Gasteiger partial charge on any atom is -0.335 e. The van der Waals surface area contributed by atoms with Gasteiger partial charge in [-0.2, -0.15) is 0 Å². The molecule has 0 aromatic carbocycles. The Morgan fingerprint density at radius 2 is 2.25 bits per heavy atom. The molecule has 2 aromatic rings. The molecule has 0 spiro atoms. The third kappa shape index (κ3) is 1.84. The Morgan fingerprint density at radius 3 is 2.88 bits per heavy atom. The maximum absolute atomic E-state index is 5.56. The van der Waals surface area contributed by atoms with E-state index in [0.717, 1.165) is 29.2 Å². The SMILES string of the molecule is Cc1c(-c2cccnc2)nc(CCN)n1C. The lowest BCUT2D eigenvalue weighted by Gasteiger charge is -2.00. The monoisotopic (exact) mass is 216 g/mol. The van der Waals surface area contributed by atoms with E-state index in [1.807, 2.05) is 25.4 Å². The quantitative estimate of drug-likeness (QED) is 0.841. The van der Waals surface area contributed by atoms with Crippen LogP contribution in [0.2, 0.25) is 0 Å². The first-order valence-electron chi connectivity index (χ1n) is 5.36. The first-order chi connectivity index (χ1) is 7.74. The molecule has 2 rings (SSSR count). The minimum atomic E-state index is 0.622. The van der Waals surface area contributed by atoms with Crippen LogP contribution in [-0.4, -0.2) is 21.1 Å². The molecule has 0 fully saturated rings. The molecule has 0 aliphatic heterocycles. The maximum atomic E-state index is 5.56. The summed E-state index contributed by atoms with van der Waals surface area (Å²) in [4.78, 5) is 8.73. The Bertz CT molecular complexity index is 473. The molecule has 2 N–H and O–H groups in total. The van der Waals surface area contributed by atoms with Crippen molar-refractivity contribution in [1.29, 1.82) is 0 Å². The lowest BCUT2D eigenvalue weighted by Crippen LogP contribution is -2.08. The van der Waals surface area contributed by atoms with Crippen molar-refractivity contribution in [2.75, 3.05) is 6.54 Å². The van der Waals surface area contributed by atoms with Gasteiger partial charge >= 0.3 is 0 Å². The zero-order chi connectivity index (χ0) is 11.5. The fourth-order valence-corrected chi connectivity index (χ4v) is 1.77. The second-order valence-corrected chi connectivity index (χ2v) is 3.80. The minimum absolute atomic E-state index is 0.622. The van der Waals surface area contributed by atoms with Crippen LogP contribution in [0.15, 0.2) is 24.5 Å². The van der Waals surface area contributed by atoms with Crippen LogP contribution in [0.1, 0.15) is 11.5 Å². The van der Waals surface area contributed by atoms with Gasteiger partial charge in [0.2, 0.25) is 0 Å². The van der Waals surface area contributed by atoms with E-state index in [1.54, 1.807) is 6.20 Å². The van der Waals surface area contributed by atoms with Crippen LogP contribution in [0.5, 0.6) is 0 Å². The molecular weight excluding hydrogens is 200 g/mol. The highest BCUT2D eigenvalue weighted by atomic mass is 15.1. The predicted molar refractivity (Wildman–Crippen MR) is 63.9 cm³/mol. The highest BCUT2D eigenvalue weighted by Gasteiger charge is 2.11. The lowest BCUT2D eigenvalue weighted by molar-refractivity contribution is 0.761. The van der Waals surface area contributed by atoms with E-state index >= 15 is 0 Å². The van der Waals surface area contributed by atoms with Gasteiger partial charge in [-0.3, -0.25) is 4.98 Å². The molecule has 0 bridgehead atoms. The first kappa shape index (κ1) is 10.8. The second kappa shape index (κ2) is 4.45.